The van der Waals surface area contributed by atoms with Crippen molar-refractivity contribution in [3.05, 3.63) is 71.7 Å². The van der Waals surface area contributed by atoms with Crippen LogP contribution in [-0.4, -0.2) is 10.9 Å². The maximum absolute atomic E-state index is 12.0. The lowest BCUT2D eigenvalue weighted by atomic mass is 10.2. The second-order valence-electron chi connectivity index (χ2n) is 4.55. The first kappa shape index (κ1) is 15.7. The zero-order chi connectivity index (χ0) is 16.5. The molecule has 0 bridgehead atoms. The number of allylic oxidation sites excluding steroid dienone is 1. The van der Waals surface area contributed by atoms with E-state index in [2.05, 4.69) is 15.6 Å². The summed E-state index contributed by atoms with van der Waals surface area (Å²) in [5.41, 5.74) is 2.09. The summed E-state index contributed by atoms with van der Waals surface area (Å²) in [6.07, 6.45) is 4.69. The summed E-state index contributed by atoms with van der Waals surface area (Å²) in [7, 11) is 0. The van der Waals surface area contributed by atoms with Crippen LogP contribution in [0.3, 0.4) is 0 Å². The van der Waals surface area contributed by atoms with E-state index in [0.717, 1.165) is 5.56 Å². The van der Waals surface area contributed by atoms with Crippen LogP contribution in [0.2, 0.25) is 0 Å². The Morgan fingerprint density at radius 2 is 1.91 bits per heavy atom. The molecule has 2 aromatic rings. The van der Waals surface area contributed by atoms with Gasteiger partial charge in [-0.05, 0) is 35.9 Å². The van der Waals surface area contributed by atoms with E-state index in [1.165, 1.54) is 6.20 Å². The predicted octanol–water partition coefficient (Wildman–Crippen LogP) is 2.35. The Bertz CT molecular complexity index is 766. The van der Waals surface area contributed by atoms with Gasteiger partial charge in [0.15, 0.2) is 0 Å². The highest BCUT2D eigenvalue weighted by Gasteiger charge is 2.05. The molecule has 0 aliphatic carbocycles. The third-order valence-corrected chi connectivity index (χ3v) is 2.95. The number of nitriles is 2. The van der Waals surface area contributed by atoms with E-state index in [1.807, 2.05) is 12.1 Å². The number of rotatable bonds is 5. The monoisotopic (exact) mass is 303 g/mol. The van der Waals surface area contributed by atoms with Crippen molar-refractivity contribution in [3.8, 4) is 12.1 Å². The van der Waals surface area contributed by atoms with E-state index in [4.69, 9.17) is 10.5 Å². The number of carbonyl (C=O) groups is 1. The average molecular weight is 303 g/mol. The first-order chi connectivity index (χ1) is 11.2. The molecule has 23 heavy (non-hydrogen) atoms. The number of nitrogens with one attached hydrogen (secondary N) is 2. The van der Waals surface area contributed by atoms with E-state index in [9.17, 15) is 4.79 Å². The number of nitrogens with zero attached hydrogens (tertiary/aromatic N) is 3. The van der Waals surface area contributed by atoms with Crippen LogP contribution in [-0.2, 0) is 6.54 Å². The van der Waals surface area contributed by atoms with Crippen LogP contribution in [0.4, 0.5) is 5.69 Å². The average Bonchev–Trinajstić information content (AvgIpc) is 2.62. The molecule has 0 spiro atoms. The van der Waals surface area contributed by atoms with Gasteiger partial charge < -0.3 is 10.6 Å². The molecule has 0 radical (unpaired) electrons. The third kappa shape index (κ3) is 4.69. The minimum atomic E-state index is -0.189. The second-order valence-corrected chi connectivity index (χ2v) is 4.55. The van der Waals surface area contributed by atoms with Crippen LogP contribution in [0.15, 0.2) is 60.6 Å². The van der Waals surface area contributed by atoms with E-state index in [0.29, 0.717) is 17.8 Å². The highest BCUT2D eigenvalue weighted by molar-refractivity contribution is 5.94. The van der Waals surface area contributed by atoms with Crippen LogP contribution < -0.4 is 10.6 Å². The number of carbonyl (C=O) groups excluding carboxylic acids is 1. The Kier molecular flexibility index (Phi) is 5.45. The molecule has 112 valence electrons. The molecule has 1 heterocycles. The maximum Gasteiger partial charge on any atom is 0.251 e. The Labute approximate surface area is 133 Å². The molecule has 6 nitrogen and oxygen atoms in total. The maximum atomic E-state index is 12.0. The summed E-state index contributed by atoms with van der Waals surface area (Å²) >= 11 is 0. The van der Waals surface area contributed by atoms with Crippen molar-refractivity contribution in [1.29, 1.82) is 10.5 Å². The Hall–Kier alpha value is -3.64. The first-order valence-corrected chi connectivity index (χ1v) is 6.77. The van der Waals surface area contributed by atoms with Gasteiger partial charge in [0.05, 0.1) is 0 Å². The summed E-state index contributed by atoms with van der Waals surface area (Å²) in [6, 6.07) is 13.9. The minimum Gasteiger partial charge on any atom is -0.360 e. The van der Waals surface area contributed by atoms with Crippen molar-refractivity contribution in [3.63, 3.8) is 0 Å². The van der Waals surface area contributed by atoms with Crippen molar-refractivity contribution >= 4 is 11.6 Å². The van der Waals surface area contributed by atoms with Crippen LogP contribution >= 0.6 is 0 Å². The van der Waals surface area contributed by atoms with Crippen LogP contribution in [0.5, 0.6) is 0 Å². The Morgan fingerprint density at radius 3 is 2.52 bits per heavy atom. The molecule has 0 aliphatic rings. The molecule has 0 saturated carbocycles. The number of anilines is 1. The van der Waals surface area contributed by atoms with Crippen molar-refractivity contribution in [2.75, 3.05) is 5.32 Å². The zero-order valence-corrected chi connectivity index (χ0v) is 12.2. The van der Waals surface area contributed by atoms with Gasteiger partial charge in [-0.15, -0.1) is 0 Å². The van der Waals surface area contributed by atoms with Crippen LogP contribution in [0, 0.1) is 22.7 Å². The fraction of sp³-hybridized carbons (Fsp3) is 0.0588. The van der Waals surface area contributed by atoms with Gasteiger partial charge in [-0.25, -0.2) is 0 Å². The standard InChI is InChI=1S/C17H13N5O/c18-8-14(9-19)12-21-16-5-3-15(4-6-16)17(23)22-11-13-2-1-7-20-10-13/h1-7,10,12,21H,11H2,(H,22,23). The van der Waals surface area contributed by atoms with E-state index >= 15 is 0 Å². The minimum absolute atomic E-state index is 0.0247. The normalized spacial score (nSPS) is 9.13. The molecule has 1 aromatic heterocycles. The molecule has 1 aromatic carbocycles. The summed E-state index contributed by atoms with van der Waals surface area (Å²) in [4.78, 5) is 16.0. The van der Waals surface area contributed by atoms with E-state index in [1.54, 1.807) is 48.8 Å². The number of amides is 1. The zero-order valence-electron chi connectivity index (χ0n) is 12.2. The van der Waals surface area contributed by atoms with Gasteiger partial charge in [-0.1, -0.05) is 6.07 Å². The van der Waals surface area contributed by atoms with Gasteiger partial charge in [0.2, 0.25) is 0 Å². The number of pyridine rings is 1. The van der Waals surface area contributed by atoms with Gasteiger partial charge in [-0.2, -0.15) is 10.5 Å². The summed E-state index contributed by atoms with van der Waals surface area (Å²) in [5.74, 6) is -0.189. The number of benzene rings is 1. The molecule has 6 heteroatoms. The van der Waals surface area contributed by atoms with Crippen LogP contribution in [0.1, 0.15) is 15.9 Å². The lowest BCUT2D eigenvalue weighted by Crippen LogP contribution is -2.22. The number of aromatic nitrogens is 1. The predicted molar refractivity (Wildman–Crippen MR) is 84.8 cm³/mol. The summed E-state index contributed by atoms with van der Waals surface area (Å²) < 4.78 is 0. The Morgan fingerprint density at radius 1 is 1.17 bits per heavy atom. The van der Waals surface area contributed by atoms with Crippen LogP contribution in [0.25, 0.3) is 0 Å². The fourth-order valence-corrected chi connectivity index (χ4v) is 1.75. The highest BCUT2D eigenvalue weighted by Crippen LogP contribution is 2.10. The van der Waals surface area contributed by atoms with Crippen molar-refractivity contribution < 1.29 is 4.79 Å². The second kappa shape index (κ2) is 7.96. The topological polar surface area (TPSA) is 102 Å². The lowest BCUT2D eigenvalue weighted by molar-refractivity contribution is 0.0951. The SMILES string of the molecule is N#CC(C#N)=CNc1ccc(C(=O)NCc2cccnc2)cc1. The molecular formula is C17H13N5O. The van der Waals surface area contributed by atoms with Crippen molar-refractivity contribution in [1.82, 2.24) is 10.3 Å². The van der Waals surface area contributed by atoms with Gasteiger partial charge in [0, 0.05) is 36.4 Å². The summed E-state index contributed by atoms with van der Waals surface area (Å²) in [5, 5.41) is 22.9. The first-order valence-electron chi connectivity index (χ1n) is 6.77. The third-order valence-electron chi connectivity index (χ3n) is 2.95. The molecular weight excluding hydrogens is 290 g/mol. The molecule has 0 saturated heterocycles. The Balaban J connectivity index is 1.94. The molecule has 2 rings (SSSR count). The van der Waals surface area contributed by atoms with Crippen molar-refractivity contribution in [2.24, 2.45) is 0 Å². The fourth-order valence-electron chi connectivity index (χ4n) is 1.75. The number of hydrogen-bond acceptors (Lipinski definition) is 5. The van der Waals surface area contributed by atoms with Gasteiger partial charge in [0.25, 0.3) is 5.91 Å². The summed E-state index contributed by atoms with van der Waals surface area (Å²) in [6.45, 7) is 0.406. The molecule has 0 unspecified atom stereocenters. The highest BCUT2D eigenvalue weighted by atomic mass is 16.1. The molecule has 0 atom stereocenters. The quantitative estimate of drug-likeness (QED) is 0.825. The van der Waals surface area contributed by atoms with E-state index < -0.39 is 0 Å². The van der Waals surface area contributed by atoms with Gasteiger partial charge in [-0.3, -0.25) is 9.78 Å². The molecule has 2 N–H and O–H groups in total. The smallest absolute Gasteiger partial charge is 0.251 e. The molecule has 1 amide bonds. The van der Waals surface area contributed by atoms with Gasteiger partial charge in [0.1, 0.15) is 17.7 Å². The molecule has 0 aliphatic heterocycles. The lowest BCUT2D eigenvalue weighted by Gasteiger charge is -2.06. The van der Waals surface area contributed by atoms with Gasteiger partial charge >= 0.3 is 0 Å². The molecule has 0 fully saturated rings. The van der Waals surface area contributed by atoms with Crippen molar-refractivity contribution in [2.45, 2.75) is 6.54 Å². The largest absolute Gasteiger partial charge is 0.360 e. The number of hydrogen-bond donors (Lipinski definition) is 2. The van der Waals surface area contributed by atoms with E-state index in [-0.39, 0.29) is 11.5 Å².